The first-order valence-electron chi connectivity index (χ1n) is 6.51. The molecular formula is C13H14ClN5O2. The molecule has 1 heterocycles. The van der Waals surface area contributed by atoms with Gasteiger partial charge in [-0.15, -0.1) is 5.10 Å². The van der Waals surface area contributed by atoms with Crippen molar-refractivity contribution >= 4 is 17.5 Å². The van der Waals surface area contributed by atoms with Crippen LogP contribution >= 0.6 is 11.6 Å². The number of carbonyl (C=O) groups is 1. The van der Waals surface area contributed by atoms with Crippen molar-refractivity contribution in [2.45, 2.75) is 31.4 Å². The minimum Gasteiger partial charge on any atom is -0.390 e. The number of aromatic nitrogens is 4. The zero-order chi connectivity index (χ0) is 15.0. The van der Waals surface area contributed by atoms with Crippen molar-refractivity contribution in [1.29, 1.82) is 0 Å². The van der Waals surface area contributed by atoms with Crippen LogP contribution in [0, 0.1) is 0 Å². The zero-order valence-electron chi connectivity index (χ0n) is 11.3. The Morgan fingerprint density at radius 1 is 1.52 bits per heavy atom. The van der Waals surface area contributed by atoms with Gasteiger partial charge in [-0.2, -0.15) is 0 Å². The summed E-state index contributed by atoms with van der Waals surface area (Å²) >= 11 is 6.15. The van der Waals surface area contributed by atoms with Crippen LogP contribution in [0.4, 0.5) is 0 Å². The molecule has 0 unspecified atom stereocenters. The van der Waals surface area contributed by atoms with Gasteiger partial charge in [0.1, 0.15) is 6.33 Å². The van der Waals surface area contributed by atoms with Crippen molar-refractivity contribution < 1.29 is 9.90 Å². The van der Waals surface area contributed by atoms with E-state index in [1.165, 1.54) is 11.0 Å². The summed E-state index contributed by atoms with van der Waals surface area (Å²) in [6.07, 6.45) is 2.56. The average molecular weight is 308 g/mol. The number of halogens is 1. The van der Waals surface area contributed by atoms with Crippen LogP contribution in [0.15, 0.2) is 24.5 Å². The summed E-state index contributed by atoms with van der Waals surface area (Å²) in [6, 6.07) is 4.96. The van der Waals surface area contributed by atoms with Crippen LogP contribution < -0.4 is 5.32 Å². The molecule has 0 atom stereocenters. The van der Waals surface area contributed by atoms with Crippen LogP contribution in [-0.4, -0.2) is 42.9 Å². The summed E-state index contributed by atoms with van der Waals surface area (Å²) in [5, 5.41) is 23.7. The topological polar surface area (TPSA) is 92.9 Å². The Kier molecular flexibility index (Phi) is 3.38. The highest BCUT2D eigenvalue weighted by Gasteiger charge is 2.39. The molecule has 0 bridgehead atoms. The lowest BCUT2D eigenvalue weighted by Crippen LogP contribution is -2.53. The van der Waals surface area contributed by atoms with E-state index in [-0.39, 0.29) is 11.9 Å². The molecule has 1 aliphatic rings. The second-order valence-corrected chi connectivity index (χ2v) is 5.90. The maximum Gasteiger partial charge on any atom is 0.253 e. The number of aliphatic hydroxyl groups is 1. The van der Waals surface area contributed by atoms with Crippen molar-refractivity contribution in [3.05, 3.63) is 35.1 Å². The molecule has 1 saturated carbocycles. The summed E-state index contributed by atoms with van der Waals surface area (Å²) in [4.78, 5) is 12.2. The molecule has 1 aromatic carbocycles. The van der Waals surface area contributed by atoms with Gasteiger partial charge in [0.25, 0.3) is 5.91 Å². The molecule has 7 nitrogen and oxygen atoms in total. The van der Waals surface area contributed by atoms with E-state index >= 15 is 0 Å². The highest BCUT2D eigenvalue weighted by atomic mass is 35.5. The summed E-state index contributed by atoms with van der Waals surface area (Å²) in [7, 11) is 0. The van der Waals surface area contributed by atoms with Crippen LogP contribution in [0.2, 0.25) is 5.02 Å². The highest BCUT2D eigenvalue weighted by Crippen LogP contribution is 2.31. The number of hydrogen-bond acceptors (Lipinski definition) is 5. The lowest BCUT2D eigenvalue weighted by molar-refractivity contribution is -0.0366. The Hall–Kier alpha value is -1.99. The van der Waals surface area contributed by atoms with Gasteiger partial charge in [0.05, 0.1) is 21.9 Å². The molecule has 2 aromatic rings. The van der Waals surface area contributed by atoms with Crippen LogP contribution in [0.1, 0.15) is 30.1 Å². The van der Waals surface area contributed by atoms with Gasteiger partial charge < -0.3 is 10.4 Å². The molecule has 110 valence electrons. The summed E-state index contributed by atoms with van der Waals surface area (Å²) in [5.74, 6) is -0.247. The number of nitrogens with one attached hydrogen (secondary N) is 1. The normalized spacial score (nSPS) is 24.4. The monoisotopic (exact) mass is 307 g/mol. The SMILES string of the molecule is CC1(O)CC(NC(=O)c2ccc(-n3cnnn3)cc2Cl)C1. The minimum atomic E-state index is -0.675. The minimum absolute atomic E-state index is 0.0113. The molecule has 1 aliphatic carbocycles. The predicted octanol–water partition coefficient (Wildman–Crippen LogP) is 0.959. The number of tetrazole rings is 1. The molecule has 0 spiro atoms. The molecular weight excluding hydrogens is 294 g/mol. The average Bonchev–Trinajstić information content (AvgIpc) is 2.90. The standard InChI is InChI=1S/C13H14ClN5O2/c1-13(21)5-8(6-13)16-12(20)10-3-2-9(4-11(10)14)19-7-15-17-18-19/h2-4,7-8,21H,5-6H2,1H3,(H,16,20). The van der Waals surface area contributed by atoms with E-state index < -0.39 is 5.60 Å². The molecule has 1 aromatic heterocycles. The first kappa shape index (κ1) is 14.0. The van der Waals surface area contributed by atoms with Crippen LogP contribution in [-0.2, 0) is 0 Å². The summed E-state index contributed by atoms with van der Waals surface area (Å²) < 4.78 is 1.46. The second-order valence-electron chi connectivity index (χ2n) is 5.49. The van der Waals surface area contributed by atoms with Gasteiger partial charge in [0, 0.05) is 6.04 Å². The molecule has 1 fully saturated rings. The predicted molar refractivity (Wildman–Crippen MR) is 75.3 cm³/mol. The fraction of sp³-hybridized carbons (Fsp3) is 0.385. The first-order valence-corrected chi connectivity index (χ1v) is 6.88. The Morgan fingerprint density at radius 3 is 2.86 bits per heavy atom. The lowest BCUT2D eigenvalue weighted by Gasteiger charge is -2.41. The second kappa shape index (κ2) is 5.09. The molecule has 21 heavy (non-hydrogen) atoms. The molecule has 3 rings (SSSR count). The molecule has 1 amide bonds. The van der Waals surface area contributed by atoms with Gasteiger partial charge in [-0.3, -0.25) is 4.79 Å². The van der Waals surface area contributed by atoms with Gasteiger partial charge in [0.15, 0.2) is 0 Å². The van der Waals surface area contributed by atoms with Gasteiger partial charge in [0.2, 0.25) is 0 Å². The van der Waals surface area contributed by atoms with Crippen molar-refractivity contribution in [2.24, 2.45) is 0 Å². The Balaban J connectivity index is 1.72. The number of hydrogen-bond donors (Lipinski definition) is 2. The molecule has 0 radical (unpaired) electrons. The Labute approximate surface area is 125 Å². The van der Waals surface area contributed by atoms with E-state index in [0.717, 1.165) is 0 Å². The quantitative estimate of drug-likeness (QED) is 0.881. The molecule has 8 heteroatoms. The van der Waals surface area contributed by atoms with Gasteiger partial charge >= 0.3 is 0 Å². The maximum absolute atomic E-state index is 12.2. The zero-order valence-corrected chi connectivity index (χ0v) is 12.1. The van der Waals surface area contributed by atoms with E-state index in [1.807, 2.05) is 0 Å². The van der Waals surface area contributed by atoms with E-state index in [2.05, 4.69) is 20.8 Å². The summed E-state index contributed by atoms with van der Waals surface area (Å²) in [6.45, 7) is 1.75. The van der Waals surface area contributed by atoms with Crippen molar-refractivity contribution in [2.75, 3.05) is 0 Å². The fourth-order valence-corrected chi connectivity index (χ4v) is 2.74. The fourth-order valence-electron chi connectivity index (χ4n) is 2.48. The number of nitrogens with zero attached hydrogens (tertiary/aromatic N) is 4. The van der Waals surface area contributed by atoms with Crippen LogP contribution in [0.3, 0.4) is 0 Å². The van der Waals surface area contributed by atoms with Crippen LogP contribution in [0.25, 0.3) is 5.69 Å². The van der Waals surface area contributed by atoms with Gasteiger partial charge in [-0.05, 0) is 48.4 Å². The third kappa shape index (κ3) is 2.88. The molecule has 0 aliphatic heterocycles. The van der Waals surface area contributed by atoms with Gasteiger partial charge in [-0.25, -0.2) is 4.68 Å². The number of rotatable bonds is 3. The van der Waals surface area contributed by atoms with E-state index in [4.69, 9.17) is 11.6 Å². The highest BCUT2D eigenvalue weighted by molar-refractivity contribution is 6.34. The van der Waals surface area contributed by atoms with E-state index in [9.17, 15) is 9.90 Å². The van der Waals surface area contributed by atoms with Crippen molar-refractivity contribution in [3.63, 3.8) is 0 Å². The lowest BCUT2D eigenvalue weighted by atomic mass is 9.77. The third-order valence-electron chi connectivity index (χ3n) is 3.52. The van der Waals surface area contributed by atoms with E-state index in [0.29, 0.717) is 29.1 Å². The number of amides is 1. The van der Waals surface area contributed by atoms with E-state index in [1.54, 1.807) is 25.1 Å². The van der Waals surface area contributed by atoms with Crippen molar-refractivity contribution in [3.8, 4) is 5.69 Å². The third-order valence-corrected chi connectivity index (χ3v) is 3.83. The molecule has 0 saturated heterocycles. The Morgan fingerprint density at radius 2 is 2.29 bits per heavy atom. The summed E-state index contributed by atoms with van der Waals surface area (Å²) in [5.41, 5.74) is 0.388. The first-order chi connectivity index (χ1) is 9.94. The smallest absolute Gasteiger partial charge is 0.253 e. The van der Waals surface area contributed by atoms with Gasteiger partial charge in [-0.1, -0.05) is 11.6 Å². The maximum atomic E-state index is 12.2. The largest absolute Gasteiger partial charge is 0.390 e. The van der Waals surface area contributed by atoms with Crippen molar-refractivity contribution in [1.82, 2.24) is 25.5 Å². The molecule has 2 N–H and O–H groups in total. The Bertz CT molecular complexity index is 663. The number of benzene rings is 1. The number of carbonyl (C=O) groups excluding carboxylic acids is 1. The van der Waals surface area contributed by atoms with Crippen LogP contribution in [0.5, 0.6) is 0 Å².